The molecule has 168 valence electrons. The summed E-state index contributed by atoms with van der Waals surface area (Å²) in [4.78, 5) is 25.0. The van der Waals surface area contributed by atoms with Crippen LogP contribution in [0, 0.1) is 10.1 Å². The Morgan fingerprint density at radius 1 is 1.24 bits per heavy atom. The molecule has 3 aromatic rings. The predicted octanol–water partition coefficient (Wildman–Crippen LogP) is 3.67. The minimum atomic E-state index is -0.545. The van der Waals surface area contributed by atoms with Gasteiger partial charge in [0, 0.05) is 5.56 Å². The molecule has 0 aliphatic carbocycles. The number of nitrogens with zero attached hydrogens (tertiary/aromatic N) is 4. The van der Waals surface area contributed by atoms with Gasteiger partial charge in [-0.2, -0.15) is 4.68 Å². The Bertz CT molecular complexity index is 1250. The van der Waals surface area contributed by atoms with Crippen LogP contribution in [0.1, 0.15) is 29.7 Å². The summed E-state index contributed by atoms with van der Waals surface area (Å²) in [5.41, 5.74) is 2.86. The number of nitro groups is 1. The number of carbonyl (C=O) groups is 1. The van der Waals surface area contributed by atoms with Crippen molar-refractivity contribution < 1.29 is 14.5 Å². The van der Waals surface area contributed by atoms with Crippen molar-refractivity contribution in [1.82, 2.24) is 20.0 Å². The second-order valence-corrected chi connectivity index (χ2v) is 7.84. The Kier molecular flexibility index (Phi) is 6.18. The zero-order valence-electron chi connectivity index (χ0n) is 18.0. The first-order chi connectivity index (χ1) is 15.9. The minimum Gasteiger partial charge on any atom is -0.496 e. The first-order valence-electron chi connectivity index (χ1n) is 10.1. The lowest BCUT2D eigenvalue weighted by Crippen LogP contribution is -2.33. The van der Waals surface area contributed by atoms with Gasteiger partial charge < -0.3 is 20.2 Å². The maximum atomic E-state index is 13.1. The van der Waals surface area contributed by atoms with Gasteiger partial charge in [-0.15, -0.1) is 0 Å². The number of nitrogens with one attached hydrogen (secondary N) is 1. The van der Waals surface area contributed by atoms with Crippen LogP contribution in [0.15, 0.2) is 66.5 Å². The van der Waals surface area contributed by atoms with Gasteiger partial charge in [-0.05, 0) is 53.4 Å². The Labute approximate surface area is 195 Å². The number of hydrogen-bond acceptors (Lipinski definition) is 6. The largest absolute Gasteiger partial charge is 0.496 e. The topological polar surface area (TPSA) is 103 Å². The van der Waals surface area contributed by atoms with E-state index in [1.54, 1.807) is 24.2 Å². The second-order valence-electron chi connectivity index (χ2n) is 7.45. The van der Waals surface area contributed by atoms with Gasteiger partial charge >= 0.3 is 5.82 Å². The monoisotopic (exact) mass is 463 g/mol. The van der Waals surface area contributed by atoms with Gasteiger partial charge in [-0.3, -0.25) is 9.69 Å². The van der Waals surface area contributed by atoms with Gasteiger partial charge in [-0.1, -0.05) is 36.4 Å². The van der Waals surface area contributed by atoms with Crippen LogP contribution in [0.3, 0.4) is 0 Å². The summed E-state index contributed by atoms with van der Waals surface area (Å²) in [6.07, 6.45) is 3.26. The lowest BCUT2D eigenvalue weighted by atomic mass is 10.1. The number of thiocarbonyl (C=S) groups is 1. The summed E-state index contributed by atoms with van der Waals surface area (Å²) in [5, 5.41) is 18.2. The molecule has 1 atom stereocenters. The van der Waals surface area contributed by atoms with E-state index in [9.17, 15) is 14.9 Å². The van der Waals surface area contributed by atoms with Crippen molar-refractivity contribution in [3.8, 4) is 5.75 Å². The molecule has 0 radical (unpaired) electrons. The Morgan fingerprint density at radius 3 is 2.67 bits per heavy atom. The molecule has 1 saturated heterocycles. The molecule has 2 heterocycles. The lowest BCUT2D eigenvalue weighted by molar-refractivity contribution is -0.389. The number of amides is 1. The molecular weight excluding hydrogens is 442 g/mol. The predicted molar refractivity (Wildman–Crippen MR) is 126 cm³/mol. The van der Waals surface area contributed by atoms with E-state index in [-0.39, 0.29) is 24.3 Å². The fourth-order valence-corrected chi connectivity index (χ4v) is 4.02. The van der Waals surface area contributed by atoms with E-state index in [0.717, 1.165) is 16.7 Å². The first kappa shape index (κ1) is 22.2. The standard InChI is InChI=1S/C23H21N5O4S/c1-15(17-6-4-3-5-7-17)27-22(29)19(24-23(27)33)13-16-8-9-20(32-2)18(12-16)14-26-11-10-21(25-26)28(30)31/h3-13,15H,14H2,1-2H3,(H,24,33)/b19-13-. The number of rotatable bonds is 7. The molecule has 1 fully saturated rings. The summed E-state index contributed by atoms with van der Waals surface area (Å²) in [7, 11) is 1.55. The molecule has 33 heavy (non-hydrogen) atoms. The normalized spacial score (nSPS) is 15.6. The minimum absolute atomic E-state index is 0.212. The van der Waals surface area contributed by atoms with Crippen LogP contribution >= 0.6 is 12.2 Å². The van der Waals surface area contributed by atoms with E-state index in [1.807, 2.05) is 49.4 Å². The third-order valence-corrected chi connectivity index (χ3v) is 5.64. The average molecular weight is 464 g/mol. The van der Waals surface area contributed by atoms with E-state index < -0.39 is 4.92 Å². The van der Waals surface area contributed by atoms with E-state index in [1.165, 1.54) is 16.9 Å². The van der Waals surface area contributed by atoms with Crippen molar-refractivity contribution in [3.63, 3.8) is 0 Å². The fraction of sp³-hybridized carbons (Fsp3) is 0.174. The summed E-state index contributed by atoms with van der Waals surface area (Å²) >= 11 is 5.43. The van der Waals surface area contributed by atoms with Crippen LogP contribution in [0.25, 0.3) is 6.08 Å². The van der Waals surface area contributed by atoms with Gasteiger partial charge in [0.2, 0.25) is 0 Å². The molecule has 1 unspecified atom stereocenters. The molecule has 10 heteroatoms. The zero-order chi connectivity index (χ0) is 23.5. The number of carbonyl (C=O) groups excluding carboxylic acids is 1. The number of benzene rings is 2. The molecular formula is C23H21N5O4S. The van der Waals surface area contributed by atoms with Gasteiger partial charge in [0.25, 0.3) is 5.91 Å². The zero-order valence-corrected chi connectivity index (χ0v) is 18.8. The maximum Gasteiger partial charge on any atom is 0.389 e. The molecule has 1 aliphatic rings. The van der Waals surface area contributed by atoms with E-state index in [0.29, 0.717) is 16.6 Å². The molecule has 1 aliphatic heterocycles. The molecule has 2 aromatic carbocycles. The van der Waals surface area contributed by atoms with Gasteiger partial charge in [-0.25, -0.2) is 0 Å². The smallest absolute Gasteiger partial charge is 0.389 e. The van der Waals surface area contributed by atoms with Crippen LogP contribution < -0.4 is 10.1 Å². The highest BCUT2D eigenvalue weighted by molar-refractivity contribution is 7.80. The average Bonchev–Trinajstić information content (AvgIpc) is 3.38. The third kappa shape index (κ3) is 4.60. The van der Waals surface area contributed by atoms with Gasteiger partial charge in [0.1, 0.15) is 11.4 Å². The van der Waals surface area contributed by atoms with Crippen LogP contribution in [0.2, 0.25) is 0 Å². The Hall–Kier alpha value is -4.05. The molecule has 0 saturated carbocycles. The van der Waals surface area contributed by atoms with E-state index in [2.05, 4.69) is 10.4 Å². The molecule has 0 spiro atoms. The fourth-order valence-electron chi connectivity index (χ4n) is 3.67. The van der Waals surface area contributed by atoms with Crippen molar-refractivity contribution in [2.45, 2.75) is 19.5 Å². The van der Waals surface area contributed by atoms with Crippen molar-refractivity contribution in [2.75, 3.05) is 7.11 Å². The Balaban J connectivity index is 1.59. The van der Waals surface area contributed by atoms with Gasteiger partial charge in [0.05, 0.1) is 37.1 Å². The number of methoxy groups -OCH3 is 1. The highest BCUT2D eigenvalue weighted by atomic mass is 32.1. The van der Waals surface area contributed by atoms with Crippen LogP contribution in [0.4, 0.5) is 5.82 Å². The molecule has 4 rings (SSSR count). The SMILES string of the molecule is COc1ccc(/C=C2\NC(=S)N(C(C)c3ccccc3)C2=O)cc1Cn1ccc([N+](=O)[O-])n1. The quantitative estimate of drug-likeness (QED) is 0.247. The van der Waals surface area contributed by atoms with Crippen molar-refractivity contribution >= 4 is 35.1 Å². The highest BCUT2D eigenvalue weighted by Gasteiger charge is 2.34. The number of hydrogen-bond donors (Lipinski definition) is 1. The van der Waals surface area contributed by atoms with E-state index in [4.69, 9.17) is 17.0 Å². The van der Waals surface area contributed by atoms with E-state index >= 15 is 0 Å². The highest BCUT2D eigenvalue weighted by Crippen LogP contribution is 2.27. The van der Waals surface area contributed by atoms with Crippen molar-refractivity contribution in [2.24, 2.45) is 0 Å². The molecule has 1 aromatic heterocycles. The maximum absolute atomic E-state index is 13.1. The lowest BCUT2D eigenvalue weighted by Gasteiger charge is -2.23. The van der Waals surface area contributed by atoms with Crippen LogP contribution in [-0.2, 0) is 11.3 Å². The second kappa shape index (κ2) is 9.21. The molecule has 0 bridgehead atoms. The first-order valence-corrected chi connectivity index (χ1v) is 10.5. The summed E-state index contributed by atoms with van der Waals surface area (Å²) in [5.74, 6) is 0.168. The van der Waals surface area contributed by atoms with Crippen LogP contribution in [-0.4, -0.2) is 37.7 Å². The summed E-state index contributed by atoms with van der Waals surface area (Å²) in [6, 6.07) is 16.3. The third-order valence-electron chi connectivity index (χ3n) is 5.34. The number of aromatic nitrogens is 2. The van der Waals surface area contributed by atoms with Crippen molar-refractivity contribution in [1.29, 1.82) is 0 Å². The summed E-state index contributed by atoms with van der Waals surface area (Å²) in [6.45, 7) is 2.20. The summed E-state index contributed by atoms with van der Waals surface area (Å²) < 4.78 is 6.89. The van der Waals surface area contributed by atoms with Gasteiger partial charge in [0.15, 0.2) is 5.11 Å². The molecule has 1 N–H and O–H groups in total. The van der Waals surface area contributed by atoms with Crippen molar-refractivity contribution in [3.05, 3.63) is 93.3 Å². The Morgan fingerprint density at radius 2 is 2.00 bits per heavy atom. The number of ether oxygens (including phenoxy) is 1. The molecule has 1 amide bonds. The van der Waals surface area contributed by atoms with Crippen LogP contribution in [0.5, 0.6) is 5.75 Å². The molecule has 9 nitrogen and oxygen atoms in total.